The molecule has 8 heteroatoms. The SMILES string of the molecule is O=C(CCSc1ccc(F)cc1)N(CCCN1CCOCC1)c1nc2ccccc2s1. The van der Waals surface area contributed by atoms with Crippen LogP contribution in [0.25, 0.3) is 10.2 Å². The molecule has 1 aromatic heterocycles. The molecule has 0 radical (unpaired) electrons. The molecule has 2 heterocycles. The Bertz CT molecular complexity index is 957. The van der Waals surface area contributed by atoms with Crippen LogP contribution in [0.1, 0.15) is 12.8 Å². The average molecular weight is 460 g/mol. The molecule has 0 unspecified atom stereocenters. The van der Waals surface area contributed by atoms with Gasteiger partial charge in [0.25, 0.3) is 0 Å². The van der Waals surface area contributed by atoms with Crippen molar-refractivity contribution in [2.75, 3.05) is 50.0 Å². The summed E-state index contributed by atoms with van der Waals surface area (Å²) in [5, 5.41) is 0.764. The second kappa shape index (κ2) is 11.0. The van der Waals surface area contributed by atoms with Crippen LogP contribution in [0.3, 0.4) is 0 Å². The van der Waals surface area contributed by atoms with Crippen molar-refractivity contribution in [1.29, 1.82) is 0 Å². The number of carbonyl (C=O) groups excluding carboxylic acids is 1. The molecule has 0 N–H and O–H groups in total. The van der Waals surface area contributed by atoms with Crippen LogP contribution < -0.4 is 4.90 Å². The fourth-order valence-corrected chi connectivity index (χ4v) is 5.35. The van der Waals surface area contributed by atoms with Gasteiger partial charge in [-0.05, 0) is 42.8 Å². The highest BCUT2D eigenvalue weighted by Crippen LogP contribution is 2.29. The van der Waals surface area contributed by atoms with E-state index in [9.17, 15) is 9.18 Å². The summed E-state index contributed by atoms with van der Waals surface area (Å²) in [6, 6.07) is 14.4. The molecule has 0 atom stereocenters. The van der Waals surface area contributed by atoms with Crippen molar-refractivity contribution < 1.29 is 13.9 Å². The minimum Gasteiger partial charge on any atom is -0.379 e. The van der Waals surface area contributed by atoms with Gasteiger partial charge in [0.15, 0.2) is 5.13 Å². The zero-order valence-corrected chi connectivity index (χ0v) is 19.0. The maximum absolute atomic E-state index is 13.1. The standard InChI is InChI=1S/C23H26FN3O2S2/c24-18-6-8-19(9-7-18)30-17-10-22(28)27(12-3-11-26-13-15-29-16-14-26)23-25-20-4-1-2-5-21(20)31-23/h1-2,4-9H,3,10-17H2. The summed E-state index contributed by atoms with van der Waals surface area (Å²) >= 11 is 3.13. The van der Waals surface area contributed by atoms with Crippen molar-refractivity contribution in [2.24, 2.45) is 0 Å². The van der Waals surface area contributed by atoms with E-state index in [0.717, 1.165) is 59.5 Å². The molecule has 0 saturated carbocycles. The van der Waals surface area contributed by atoms with Gasteiger partial charge in [-0.25, -0.2) is 9.37 Å². The van der Waals surface area contributed by atoms with Crippen LogP contribution in [0.2, 0.25) is 0 Å². The Labute approximate surface area is 190 Å². The maximum atomic E-state index is 13.1. The van der Waals surface area contributed by atoms with Crippen LogP contribution >= 0.6 is 23.1 Å². The lowest BCUT2D eigenvalue weighted by Crippen LogP contribution is -2.39. The van der Waals surface area contributed by atoms with E-state index < -0.39 is 0 Å². The molecule has 0 aliphatic carbocycles. The van der Waals surface area contributed by atoms with E-state index >= 15 is 0 Å². The molecule has 1 amide bonds. The van der Waals surface area contributed by atoms with E-state index in [4.69, 9.17) is 9.72 Å². The average Bonchev–Trinajstić information content (AvgIpc) is 3.22. The number of nitrogens with zero attached hydrogens (tertiary/aromatic N) is 3. The van der Waals surface area contributed by atoms with Crippen molar-refractivity contribution >= 4 is 44.4 Å². The number of ether oxygens (including phenoxy) is 1. The Hall–Kier alpha value is -2.00. The zero-order valence-electron chi connectivity index (χ0n) is 17.3. The van der Waals surface area contributed by atoms with Crippen LogP contribution in [0.4, 0.5) is 9.52 Å². The number of thioether (sulfide) groups is 1. The van der Waals surface area contributed by atoms with E-state index in [0.29, 0.717) is 18.7 Å². The van der Waals surface area contributed by atoms with Crippen LogP contribution in [-0.4, -0.2) is 60.9 Å². The van der Waals surface area contributed by atoms with Gasteiger partial charge >= 0.3 is 0 Å². The predicted molar refractivity (Wildman–Crippen MR) is 126 cm³/mol. The highest BCUT2D eigenvalue weighted by molar-refractivity contribution is 7.99. The van der Waals surface area contributed by atoms with Crippen molar-refractivity contribution in [3.8, 4) is 0 Å². The van der Waals surface area contributed by atoms with Gasteiger partial charge in [0.1, 0.15) is 5.82 Å². The van der Waals surface area contributed by atoms with E-state index in [1.807, 2.05) is 29.2 Å². The lowest BCUT2D eigenvalue weighted by molar-refractivity contribution is -0.118. The van der Waals surface area contributed by atoms with E-state index in [-0.39, 0.29) is 11.7 Å². The summed E-state index contributed by atoms with van der Waals surface area (Å²) in [5.74, 6) is 0.480. The molecule has 164 valence electrons. The summed E-state index contributed by atoms with van der Waals surface area (Å²) in [5.41, 5.74) is 0.925. The molecule has 4 rings (SSSR count). The number of rotatable bonds is 9. The van der Waals surface area contributed by atoms with Gasteiger partial charge < -0.3 is 4.74 Å². The number of morpholine rings is 1. The Morgan fingerprint density at radius 1 is 1.16 bits per heavy atom. The van der Waals surface area contributed by atoms with Crippen LogP contribution in [0, 0.1) is 5.82 Å². The van der Waals surface area contributed by atoms with E-state index in [1.54, 1.807) is 35.2 Å². The molecule has 31 heavy (non-hydrogen) atoms. The molecule has 1 aliphatic heterocycles. The molecular weight excluding hydrogens is 433 g/mol. The number of aromatic nitrogens is 1. The number of fused-ring (bicyclic) bond motifs is 1. The Kier molecular flexibility index (Phi) is 7.91. The van der Waals surface area contributed by atoms with Crippen molar-refractivity contribution in [2.45, 2.75) is 17.7 Å². The van der Waals surface area contributed by atoms with Gasteiger partial charge in [-0.3, -0.25) is 14.6 Å². The number of halogens is 1. The number of anilines is 1. The number of para-hydroxylation sites is 1. The minimum atomic E-state index is -0.247. The normalized spacial score (nSPS) is 14.7. The number of benzene rings is 2. The quantitative estimate of drug-likeness (QED) is 0.435. The summed E-state index contributed by atoms with van der Waals surface area (Å²) in [6.07, 6.45) is 1.31. The summed E-state index contributed by atoms with van der Waals surface area (Å²) in [6.45, 7) is 5.05. The third kappa shape index (κ3) is 6.26. The number of carbonyl (C=O) groups is 1. The topological polar surface area (TPSA) is 45.7 Å². The molecule has 0 bridgehead atoms. The molecule has 1 fully saturated rings. The molecule has 5 nitrogen and oxygen atoms in total. The molecule has 0 spiro atoms. The number of hydrogen-bond acceptors (Lipinski definition) is 6. The number of thiazole rings is 1. The van der Waals surface area contributed by atoms with E-state index in [1.165, 1.54) is 12.1 Å². The second-order valence-corrected chi connectivity index (χ2v) is 9.55. The Balaban J connectivity index is 1.39. The monoisotopic (exact) mass is 459 g/mol. The maximum Gasteiger partial charge on any atom is 0.229 e. The third-order valence-corrected chi connectivity index (χ3v) is 7.25. The van der Waals surface area contributed by atoms with Crippen molar-refractivity contribution in [3.63, 3.8) is 0 Å². The van der Waals surface area contributed by atoms with Gasteiger partial charge in [-0.2, -0.15) is 0 Å². The Morgan fingerprint density at radius 3 is 2.71 bits per heavy atom. The van der Waals surface area contributed by atoms with Crippen LogP contribution in [0.15, 0.2) is 53.4 Å². The first-order valence-electron chi connectivity index (χ1n) is 10.5. The first-order valence-corrected chi connectivity index (χ1v) is 12.3. The third-order valence-electron chi connectivity index (χ3n) is 5.17. The first kappa shape index (κ1) is 22.2. The van der Waals surface area contributed by atoms with Gasteiger partial charge in [0.2, 0.25) is 5.91 Å². The fourth-order valence-electron chi connectivity index (χ4n) is 3.50. The Morgan fingerprint density at radius 2 is 1.94 bits per heavy atom. The second-order valence-electron chi connectivity index (χ2n) is 7.37. The minimum absolute atomic E-state index is 0.0793. The summed E-state index contributed by atoms with van der Waals surface area (Å²) in [7, 11) is 0. The first-order chi connectivity index (χ1) is 15.2. The summed E-state index contributed by atoms with van der Waals surface area (Å²) < 4.78 is 19.6. The van der Waals surface area contributed by atoms with Gasteiger partial charge in [0.05, 0.1) is 23.4 Å². The molecule has 1 saturated heterocycles. The zero-order chi connectivity index (χ0) is 21.5. The summed E-state index contributed by atoms with van der Waals surface area (Å²) in [4.78, 5) is 23.0. The highest BCUT2D eigenvalue weighted by atomic mass is 32.2. The molecular formula is C23H26FN3O2S2. The molecule has 3 aromatic rings. The largest absolute Gasteiger partial charge is 0.379 e. The fraction of sp³-hybridized carbons (Fsp3) is 0.391. The van der Waals surface area contributed by atoms with Crippen LogP contribution in [-0.2, 0) is 9.53 Å². The van der Waals surface area contributed by atoms with Gasteiger partial charge in [-0.1, -0.05) is 23.5 Å². The van der Waals surface area contributed by atoms with Crippen molar-refractivity contribution in [1.82, 2.24) is 9.88 Å². The molecule has 2 aromatic carbocycles. The number of amides is 1. The highest BCUT2D eigenvalue weighted by Gasteiger charge is 2.20. The van der Waals surface area contributed by atoms with Crippen LogP contribution in [0.5, 0.6) is 0 Å². The van der Waals surface area contributed by atoms with Crippen molar-refractivity contribution in [3.05, 3.63) is 54.3 Å². The van der Waals surface area contributed by atoms with Gasteiger partial charge in [0, 0.05) is 43.2 Å². The smallest absolute Gasteiger partial charge is 0.229 e. The van der Waals surface area contributed by atoms with E-state index in [2.05, 4.69) is 4.90 Å². The van der Waals surface area contributed by atoms with Gasteiger partial charge in [-0.15, -0.1) is 11.8 Å². The lowest BCUT2D eigenvalue weighted by Gasteiger charge is -2.27. The lowest BCUT2D eigenvalue weighted by atomic mass is 10.3. The predicted octanol–water partition coefficient (Wildman–Crippen LogP) is 4.67. The number of hydrogen-bond donors (Lipinski definition) is 0. The molecule has 1 aliphatic rings.